The molecule has 1 aliphatic heterocycles. The van der Waals surface area contributed by atoms with Crippen molar-refractivity contribution in [1.82, 2.24) is 9.62 Å². The highest BCUT2D eigenvalue weighted by atomic mass is 32.2. The summed E-state index contributed by atoms with van der Waals surface area (Å²) in [6, 6.07) is 7.95. The number of ether oxygens (including phenoxy) is 1. The van der Waals surface area contributed by atoms with E-state index < -0.39 is 5.60 Å². The van der Waals surface area contributed by atoms with Crippen LogP contribution in [0.4, 0.5) is 0 Å². The number of rotatable bonds is 8. The summed E-state index contributed by atoms with van der Waals surface area (Å²) in [6.45, 7) is 5.64. The number of nitrogens with zero attached hydrogens (tertiary/aromatic N) is 1. The topological polar surface area (TPSA) is 75.7 Å². The summed E-state index contributed by atoms with van der Waals surface area (Å²) in [4.78, 5) is 36.4. The molecule has 1 saturated heterocycles. The molecule has 1 N–H and O–H groups in total. The summed E-state index contributed by atoms with van der Waals surface area (Å²) in [7, 11) is 1.88. The Labute approximate surface area is 177 Å². The lowest BCUT2D eigenvalue weighted by atomic mass is 10.1. The van der Waals surface area contributed by atoms with Gasteiger partial charge in [-0.25, -0.2) is 4.31 Å². The van der Waals surface area contributed by atoms with Crippen LogP contribution in [0.15, 0.2) is 29.2 Å². The maximum Gasteiger partial charge on any atom is 0.306 e. The lowest BCUT2D eigenvalue weighted by Gasteiger charge is -2.24. The van der Waals surface area contributed by atoms with E-state index in [-0.39, 0.29) is 23.8 Å². The Morgan fingerprint density at radius 3 is 2.55 bits per heavy atom. The molecule has 1 atom stereocenters. The Balaban J connectivity index is 1.76. The number of likely N-dealkylation sites (N-methyl/N-ethyl adjacent to an activating group) is 1. The minimum Gasteiger partial charge on any atom is -0.460 e. The summed E-state index contributed by atoms with van der Waals surface area (Å²) in [5.41, 5.74) is 0.795. The molecule has 7 heteroatoms. The molecule has 1 aromatic rings. The fourth-order valence-corrected chi connectivity index (χ4v) is 4.07. The van der Waals surface area contributed by atoms with Gasteiger partial charge in [-0.15, -0.1) is 0 Å². The number of carbonyl (C=O) groups excluding carboxylic acids is 3. The minimum absolute atomic E-state index is 0.142. The van der Waals surface area contributed by atoms with E-state index in [1.165, 1.54) is 17.5 Å². The molecule has 1 unspecified atom stereocenters. The number of imide groups is 1. The van der Waals surface area contributed by atoms with E-state index >= 15 is 0 Å². The van der Waals surface area contributed by atoms with Crippen LogP contribution in [0, 0.1) is 0 Å². The molecule has 2 rings (SSSR count). The van der Waals surface area contributed by atoms with Gasteiger partial charge in [-0.05, 0) is 89.6 Å². The highest BCUT2D eigenvalue weighted by Crippen LogP contribution is 2.26. The number of aryl methyl sites for hydroxylation is 1. The van der Waals surface area contributed by atoms with Crippen LogP contribution in [0.1, 0.15) is 64.9 Å². The summed E-state index contributed by atoms with van der Waals surface area (Å²) < 4.78 is 7.24. The van der Waals surface area contributed by atoms with Gasteiger partial charge in [0.15, 0.2) is 0 Å². The lowest BCUT2D eigenvalue weighted by Crippen LogP contribution is -2.42. The quantitative estimate of drug-likeness (QED) is 0.298. The number of amides is 2. The van der Waals surface area contributed by atoms with Gasteiger partial charge in [0.1, 0.15) is 5.60 Å². The molecule has 1 aromatic carbocycles. The number of benzene rings is 1. The van der Waals surface area contributed by atoms with Crippen LogP contribution in [0.3, 0.4) is 0 Å². The smallest absolute Gasteiger partial charge is 0.306 e. The monoisotopic (exact) mass is 420 g/mol. The maximum atomic E-state index is 12.2. The first-order valence-electron chi connectivity index (χ1n) is 10.2. The molecule has 1 aliphatic rings. The van der Waals surface area contributed by atoms with Crippen LogP contribution in [-0.4, -0.2) is 40.8 Å². The summed E-state index contributed by atoms with van der Waals surface area (Å²) in [5.74, 6) is -0.549. The van der Waals surface area contributed by atoms with E-state index in [2.05, 4.69) is 17.4 Å². The van der Waals surface area contributed by atoms with Crippen LogP contribution < -0.4 is 5.32 Å². The molecule has 0 bridgehead atoms. The Morgan fingerprint density at radius 2 is 1.90 bits per heavy atom. The Hall–Kier alpha value is -1.86. The van der Waals surface area contributed by atoms with E-state index in [1.807, 2.05) is 44.3 Å². The SMILES string of the molecule is CN(Sc1ccc(CCCCC(=O)OC(C)(C)C)cc1)C1CCCC(=O)NC1=O. The van der Waals surface area contributed by atoms with Crippen LogP contribution in [-0.2, 0) is 25.5 Å². The molecule has 6 nitrogen and oxygen atoms in total. The molecule has 29 heavy (non-hydrogen) atoms. The fourth-order valence-electron chi connectivity index (χ4n) is 3.16. The number of hydrogen-bond acceptors (Lipinski definition) is 6. The van der Waals surface area contributed by atoms with Gasteiger partial charge in [-0.3, -0.25) is 19.7 Å². The third-order valence-electron chi connectivity index (χ3n) is 4.57. The normalized spacial score (nSPS) is 17.8. The van der Waals surface area contributed by atoms with Crippen LogP contribution >= 0.6 is 11.9 Å². The Morgan fingerprint density at radius 1 is 1.21 bits per heavy atom. The van der Waals surface area contributed by atoms with Crippen LogP contribution in [0.2, 0.25) is 0 Å². The second-order valence-corrected chi connectivity index (χ2v) is 9.63. The average Bonchev–Trinajstić information content (AvgIpc) is 2.78. The van der Waals surface area contributed by atoms with Crippen molar-refractivity contribution in [2.75, 3.05) is 7.05 Å². The number of nitrogens with one attached hydrogen (secondary N) is 1. The second kappa shape index (κ2) is 10.8. The Bertz CT molecular complexity index is 713. The number of carbonyl (C=O) groups is 3. The number of unbranched alkanes of at least 4 members (excludes halogenated alkanes) is 1. The summed E-state index contributed by atoms with van der Waals surface area (Å²) in [6.07, 6.45) is 4.90. The van der Waals surface area contributed by atoms with Crippen LogP contribution in [0.5, 0.6) is 0 Å². The highest BCUT2D eigenvalue weighted by Gasteiger charge is 2.28. The largest absolute Gasteiger partial charge is 0.460 e. The van der Waals surface area contributed by atoms with Gasteiger partial charge in [-0.2, -0.15) is 0 Å². The maximum absolute atomic E-state index is 12.2. The molecule has 0 radical (unpaired) electrons. The van der Waals surface area contributed by atoms with Gasteiger partial charge in [0.2, 0.25) is 11.8 Å². The van der Waals surface area contributed by atoms with Crippen molar-refractivity contribution in [1.29, 1.82) is 0 Å². The predicted molar refractivity (Wildman–Crippen MR) is 114 cm³/mol. The average molecular weight is 421 g/mol. The molecule has 0 aliphatic carbocycles. The zero-order valence-corrected chi connectivity index (χ0v) is 18.6. The summed E-state index contributed by atoms with van der Waals surface area (Å²) in [5, 5.41) is 2.45. The van der Waals surface area contributed by atoms with E-state index in [0.29, 0.717) is 19.3 Å². The van der Waals surface area contributed by atoms with Crippen LogP contribution in [0.25, 0.3) is 0 Å². The van der Waals surface area contributed by atoms with Crippen molar-refractivity contribution in [2.45, 2.75) is 82.3 Å². The molecule has 1 heterocycles. The first kappa shape index (κ1) is 23.4. The van der Waals surface area contributed by atoms with Crippen molar-refractivity contribution in [3.63, 3.8) is 0 Å². The molecule has 160 valence electrons. The molecular weight excluding hydrogens is 388 g/mol. The molecule has 2 amide bonds. The zero-order chi connectivity index (χ0) is 21.4. The molecule has 1 fully saturated rings. The zero-order valence-electron chi connectivity index (χ0n) is 17.8. The van der Waals surface area contributed by atoms with Crippen molar-refractivity contribution >= 4 is 29.7 Å². The molecule has 0 saturated carbocycles. The van der Waals surface area contributed by atoms with E-state index in [4.69, 9.17) is 4.74 Å². The summed E-state index contributed by atoms with van der Waals surface area (Å²) >= 11 is 1.51. The van der Waals surface area contributed by atoms with E-state index in [0.717, 1.165) is 30.6 Å². The Kier molecular flexibility index (Phi) is 8.71. The second-order valence-electron chi connectivity index (χ2n) is 8.40. The third-order valence-corrected chi connectivity index (χ3v) is 5.60. The van der Waals surface area contributed by atoms with Gasteiger partial charge < -0.3 is 4.74 Å². The predicted octanol–water partition coefficient (Wildman–Crippen LogP) is 3.88. The highest BCUT2D eigenvalue weighted by molar-refractivity contribution is 7.97. The molecular formula is C22H32N2O4S. The van der Waals surface area contributed by atoms with Crippen molar-refractivity contribution < 1.29 is 19.1 Å². The van der Waals surface area contributed by atoms with Crippen molar-refractivity contribution in [2.24, 2.45) is 0 Å². The molecule has 0 aromatic heterocycles. The van der Waals surface area contributed by atoms with Crippen molar-refractivity contribution in [3.8, 4) is 0 Å². The van der Waals surface area contributed by atoms with Gasteiger partial charge in [0.25, 0.3) is 0 Å². The van der Waals surface area contributed by atoms with Gasteiger partial charge in [0, 0.05) is 17.7 Å². The van der Waals surface area contributed by atoms with Gasteiger partial charge in [-0.1, -0.05) is 12.1 Å². The third kappa shape index (κ3) is 8.58. The van der Waals surface area contributed by atoms with Crippen molar-refractivity contribution in [3.05, 3.63) is 29.8 Å². The first-order valence-corrected chi connectivity index (χ1v) is 11.0. The van der Waals surface area contributed by atoms with Gasteiger partial charge >= 0.3 is 5.97 Å². The standard InChI is InChI=1S/C22H32N2O4S/c1-22(2,3)28-20(26)11-6-5-8-16-12-14-17(15-13-16)29-24(4)18-9-7-10-19(25)23-21(18)27/h12-15,18H,5-11H2,1-4H3,(H,23,25,27). The minimum atomic E-state index is -0.426. The van der Waals surface area contributed by atoms with E-state index in [1.54, 1.807) is 0 Å². The van der Waals surface area contributed by atoms with E-state index in [9.17, 15) is 14.4 Å². The first-order chi connectivity index (χ1) is 13.6. The van der Waals surface area contributed by atoms with Gasteiger partial charge in [0.05, 0.1) is 6.04 Å². The molecule has 0 spiro atoms. The fraction of sp³-hybridized carbons (Fsp3) is 0.591. The lowest BCUT2D eigenvalue weighted by molar-refractivity contribution is -0.155. The number of esters is 1. The number of hydrogen-bond donors (Lipinski definition) is 1.